The molecule has 2 atom stereocenters. The summed E-state index contributed by atoms with van der Waals surface area (Å²) in [6.45, 7) is 10.3. The van der Waals surface area contributed by atoms with Crippen LogP contribution in [0.3, 0.4) is 0 Å². The number of carbonyl (C=O) groups is 1. The van der Waals surface area contributed by atoms with Gasteiger partial charge in [0.15, 0.2) is 0 Å². The number of nitrogens with one attached hydrogen (secondary N) is 1. The molecule has 0 aromatic heterocycles. The molecule has 2 heterocycles. The summed E-state index contributed by atoms with van der Waals surface area (Å²) < 4.78 is 0. The number of piperazine rings is 1. The van der Waals surface area contributed by atoms with E-state index in [4.69, 9.17) is 11.6 Å². The molecular weight excluding hydrogens is 417 g/mol. The molecule has 2 unspecified atom stereocenters. The van der Waals surface area contributed by atoms with E-state index in [2.05, 4.69) is 41.1 Å². The number of carbonyl (C=O) groups excluding carboxylic acids is 1. The lowest BCUT2D eigenvalue weighted by molar-refractivity contribution is -0.134. The van der Waals surface area contributed by atoms with Gasteiger partial charge >= 0.3 is 0 Å². The van der Waals surface area contributed by atoms with E-state index in [1.165, 1.54) is 18.4 Å². The first-order chi connectivity index (χ1) is 12.5. The average Bonchev–Trinajstić information content (AvgIpc) is 2.69. The second-order valence-electron chi connectivity index (χ2n) is 7.91. The molecule has 28 heavy (non-hydrogen) atoms. The summed E-state index contributed by atoms with van der Waals surface area (Å²) in [6.07, 6.45) is 3.12. The number of benzene rings is 1. The first-order valence-corrected chi connectivity index (χ1v) is 10.4. The minimum absolute atomic E-state index is 0. The van der Waals surface area contributed by atoms with Crippen molar-refractivity contribution in [1.29, 1.82) is 0 Å². The van der Waals surface area contributed by atoms with Gasteiger partial charge in [-0.25, -0.2) is 0 Å². The molecule has 1 amide bonds. The SMILES string of the molecule is CC(CC(=O)N1CCN(C(C)c2ccc(Cl)cc2)CC1)C1CCNCC1.Cl.Cl. The Hall–Kier alpha value is -0.520. The zero-order valence-corrected chi connectivity index (χ0v) is 19.3. The van der Waals surface area contributed by atoms with Gasteiger partial charge in [-0.15, -0.1) is 24.8 Å². The fraction of sp³-hybridized carbons (Fsp3) is 0.667. The van der Waals surface area contributed by atoms with Crippen molar-refractivity contribution in [2.75, 3.05) is 39.3 Å². The third-order valence-electron chi connectivity index (χ3n) is 6.25. The monoisotopic (exact) mass is 449 g/mol. The van der Waals surface area contributed by atoms with Crippen molar-refractivity contribution in [1.82, 2.24) is 15.1 Å². The highest BCUT2D eigenvalue weighted by Crippen LogP contribution is 2.26. The second kappa shape index (κ2) is 12.2. The van der Waals surface area contributed by atoms with Crippen LogP contribution in [-0.4, -0.2) is 55.0 Å². The minimum Gasteiger partial charge on any atom is -0.340 e. The van der Waals surface area contributed by atoms with Gasteiger partial charge in [0, 0.05) is 43.7 Å². The number of hydrogen-bond acceptors (Lipinski definition) is 3. The Bertz CT molecular complexity index is 585. The molecule has 1 N–H and O–H groups in total. The highest BCUT2D eigenvalue weighted by Gasteiger charge is 2.28. The number of nitrogens with zero attached hydrogens (tertiary/aromatic N) is 2. The quantitative estimate of drug-likeness (QED) is 0.721. The lowest BCUT2D eigenvalue weighted by atomic mass is 9.84. The van der Waals surface area contributed by atoms with Crippen molar-refractivity contribution < 1.29 is 4.79 Å². The first-order valence-electron chi connectivity index (χ1n) is 10.0. The summed E-state index contributed by atoms with van der Waals surface area (Å²) in [5.74, 6) is 1.54. The van der Waals surface area contributed by atoms with Crippen LogP contribution in [0.4, 0.5) is 0 Å². The maximum Gasteiger partial charge on any atom is 0.222 e. The van der Waals surface area contributed by atoms with E-state index in [0.717, 1.165) is 44.3 Å². The van der Waals surface area contributed by atoms with Crippen LogP contribution in [0.25, 0.3) is 0 Å². The van der Waals surface area contributed by atoms with Crippen LogP contribution in [0.15, 0.2) is 24.3 Å². The molecule has 4 nitrogen and oxygen atoms in total. The van der Waals surface area contributed by atoms with Gasteiger partial charge in [0.2, 0.25) is 5.91 Å². The predicted molar refractivity (Wildman–Crippen MR) is 122 cm³/mol. The van der Waals surface area contributed by atoms with Gasteiger partial charge < -0.3 is 10.2 Å². The highest BCUT2D eigenvalue weighted by molar-refractivity contribution is 6.30. The molecule has 2 saturated heterocycles. The Morgan fingerprint density at radius 3 is 2.21 bits per heavy atom. The summed E-state index contributed by atoms with van der Waals surface area (Å²) >= 11 is 5.99. The molecule has 0 bridgehead atoms. The lowest BCUT2D eigenvalue weighted by Gasteiger charge is -2.39. The van der Waals surface area contributed by atoms with Crippen molar-refractivity contribution in [3.8, 4) is 0 Å². The molecule has 2 aliphatic rings. The number of piperidine rings is 1. The summed E-state index contributed by atoms with van der Waals surface area (Å²) in [6, 6.07) is 8.47. The molecule has 2 fully saturated rings. The highest BCUT2D eigenvalue weighted by atomic mass is 35.5. The molecule has 7 heteroatoms. The average molecular weight is 451 g/mol. The van der Waals surface area contributed by atoms with Gasteiger partial charge in [-0.3, -0.25) is 9.69 Å². The van der Waals surface area contributed by atoms with Crippen LogP contribution in [0.2, 0.25) is 5.02 Å². The Morgan fingerprint density at radius 1 is 1.07 bits per heavy atom. The van der Waals surface area contributed by atoms with E-state index < -0.39 is 0 Å². The van der Waals surface area contributed by atoms with E-state index in [1.54, 1.807) is 0 Å². The number of rotatable bonds is 5. The van der Waals surface area contributed by atoms with E-state index in [1.807, 2.05) is 12.1 Å². The van der Waals surface area contributed by atoms with Gasteiger partial charge in [0.25, 0.3) is 0 Å². The fourth-order valence-corrected chi connectivity index (χ4v) is 4.42. The first kappa shape index (κ1) is 25.5. The van der Waals surface area contributed by atoms with Gasteiger partial charge in [-0.1, -0.05) is 30.7 Å². The number of halogens is 3. The largest absolute Gasteiger partial charge is 0.340 e. The third-order valence-corrected chi connectivity index (χ3v) is 6.50. The van der Waals surface area contributed by atoms with Crippen molar-refractivity contribution in [2.24, 2.45) is 11.8 Å². The Kier molecular flexibility index (Phi) is 11.2. The number of hydrogen-bond donors (Lipinski definition) is 1. The molecule has 1 aromatic carbocycles. The molecule has 2 aliphatic heterocycles. The summed E-state index contributed by atoms with van der Waals surface area (Å²) in [4.78, 5) is 17.2. The normalized spacial score (nSPS) is 20.6. The van der Waals surface area contributed by atoms with Gasteiger partial charge in [-0.05, 0) is 62.4 Å². The van der Waals surface area contributed by atoms with Crippen LogP contribution in [0.1, 0.15) is 44.7 Å². The van der Waals surface area contributed by atoms with Crippen molar-refractivity contribution >= 4 is 42.3 Å². The fourth-order valence-electron chi connectivity index (χ4n) is 4.30. The Balaban J connectivity index is 0.00000196. The Labute approximate surface area is 187 Å². The molecule has 1 aromatic rings. The molecule has 0 radical (unpaired) electrons. The van der Waals surface area contributed by atoms with E-state index >= 15 is 0 Å². The zero-order chi connectivity index (χ0) is 18.5. The van der Waals surface area contributed by atoms with Gasteiger partial charge in [-0.2, -0.15) is 0 Å². The topological polar surface area (TPSA) is 35.6 Å². The minimum atomic E-state index is 0. The maximum atomic E-state index is 12.7. The molecule has 0 saturated carbocycles. The van der Waals surface area contributed by atoms with Crippen LogP contribution in [0.5, 0.6) is 0 Å². The van der Waals surface area contributed by atoms with Crippen LogP contribution in [-0.2, 0) is 4.79 Å². The van der Waals surface area contributed by atoms with Crippen LogP contribution < -0.4 is 5.32 Å². The molecule has 3 rings (SSSR count). The second-order valence-corrected chi connectivity index (χ2v) is 8.35. The molecule has 0 spiro atoms. The summed E-state index contributed by atoms with van der Waals surface area (Å²) in [5.41, 5.74) is 1.29. The standard InChI is InChI=1S/C21H32ClN3O.2ClH/c1-16(18-7-9-23-10-8-18)15-21(26)25-13-11-24(12-14-25)17(2)19-3-5-20(22)6-4-19;;/h3-6,16-18,23H,7-15H2,1-2H3;2*1H. The molecule has 160 valence electrons. The summed E-state index contributed by atoms with van der Waals surface area (Å²) in [7, 11) is 0. The molecule has 0 aliphatic carbocycles. The number of amides is 1. The van der Waals surface area contributed by atoms with Crippen LogP contribution in [0, 0.1) is 11.8 Å². The van der Waals surface area contributed by atoms with Gasteiger partial charge in [0.1, 0.15) is 0 Å². The van der Waals surface area contributed by atoms with E-state index in [-0.39, 0.29) is 24.8 Å². The predicted octanol–water partition coefficient (Wildman–Crippen LogP) is 4.41. The van der Waals surface area contributed by atoms with Crippen molar-refractivity contribution in [2.45, 2.75) is 39.2 Å². The molecular formula is C21H34Cl3N3O. The van der Waals surface area contributed by atoms with E-state index in [9.17, 15) is 4.79 Å². The Morgan fingerprint density at radius 2 is 1.64 bits per heavy atom. The maximum absolute atomic E-state index is 12.7. The van der Waals surface area contributed by atoms with E-state index in [0.29, 0.717) is 30.2 Å². The summed E-state index contributed by atoms with van der Waals surface area (Å²) in [5, 5.41) is 4.19. The lowest BCUT2D eigenvalue weighted by Crippen LogP contribution is -2.49. The van der Waals surface area contributed by atoms with Crippen LogP contribution >= 0.6 is 36.4 Å². The van der Waals surface area contributed by atoms with Crippen molar-refractivity contribution in [3.05, 3.63) is 34.9 Å². The third kappa shape index (κ3) is 6.77. The smallest absolute Gasteiger partial charge is 0.222 e. The zero-order valence-electron chi connectivity index (χ0n) is 16.9. The van der Waals surface area contributed by atoms with Crippen molar-refractivity contribution in [3.63, 3.8) is 0 Å². The van der Waals surface area contributed by atoms with Gasteiger partial charge in [0.05, 0.1) is 0 Å².